The van der Waals surface area contributed by atoms with Gasteiger partial charge in [0.1, 0.15) is 5.58 Å². The van der Waals surface area contributed by atoms with Gasteiger partial charge < -0.3 is 14.4 Å². The Bertz CT molecular complexity index is 717. The van der Waals surface area contributed by atoms with Crippen LogP contribution in [0.1, 0.15) is 40.1 Å². The van der Waals surface area contributed by atoms with Gasteiger partial charge in [0, 0.05) is 30.6 Å². The molecular formula is C18H23NO3. The number of nitrogens with zero attached hydrogens (tertiary/aromatic N) is 1. The number of fused-ring (bicyclic) bond motifs is 1. The van der Waals surface area contributed by atoms with Crippen LogP contribution in [-0.4, -0.2) is 35.6 Å². The number of benzene rings is 1. The second kappa shape index (κ2) is 5.76. The molecule has 0 aliphatic carbocycles. The summed E-state index contributed by atoms with van der Waals surface area (Å²) in [4.78, 5) is 14.6. The lowest BCUT2D eigenvalue weighted by Crippen LogP contribution is -2.41. The first-order chi connectivity index (χ1) is 10.5. The van der Waals surface area contributed by atoms with Crippen molar-refractivity contribution >= 4 is 16.9 Å². The minimum atomic E-state index is -0.0503. The summed E-state index contributed by atoms with van der Waals surface area (Å²) in [6, 6.07) is 4.09. The van der Waals surface area contributed by atoms with Crippen LogP contribution in [-0.2, 0) is 0 Å². The Labute approximate surface area is 130 Å². The molecule has 3 rings (SSSR count). The van der Waals surface area contributed by atoms with Crippen LogP contribution in [0.15, 0.2) is 16.5 Å². The summed E-state index contributed by atoms with van der Waals surface area (Å²) >= 11 is 0. The molecule has 0 radical (unpaired) electrons. The van der Waals surface area contributed by atoms with Gasteiger partial charge in [-0.15, -0.1) is 0 Å². The summed E-state index contributed by atoms with van der Waals surface area (Å²) in [5, 5.41) is 10.4. The van der Waals surface area contributed by atoms with E-state index in [0.717, 1.165) is 47.0 Å². The molecule has 2 aromatic rings. The number of aliphatic hydroxyl groups is 1. The number of hydrogen-bond donors (Lipinski definition) is 1. The smallest absolute Gasteiger partial charge is 0.289 e. The first-order valence-corrected chi connectivity index (χ1v) is 7.92. The SMILES string of the molecule is Cc1ccc(C)c2c(C)c(C(=O)N3CCCC(CO)C3)oc12. The third-order valence-corrected chi connectivity index (χ3v) is 4.74. The molecule has 4 heteroatoms. The quantitative estimate of drug-likeness (QED) is 0.926. The summed E-state index contributed by atoms with van der Waals surface area (Å²) in [6.07, 6.45) is 1.92. The highest BCUT2D eigenvalue weighted by Crippen LogP contribution is 2.32. The molecule has 1 aromatic carbocycles. The maximum Gasteiger partial charge on any atom is 0.289 e. The van der Waals surface area contributed by atoms with Gasteiger partial charge in [0.2, 0.25) is 0 Å². The van der Waals surface area contributed by atoms with E-state index in [1.807, 2.05) is 31.7 Å². The Morgan fingerprint density at radius 3 is 2.73 bits per heavy atom. The molecule has 1 amide bonds. The second-order valence-corrected chi connectivity index (χ2v) is 6.40. The fourth-order valence-electron chi connectivity index (χ4n) is 3.42. The maximum atomic E-state index is 12.8. The lowest BCUT2D eigenvalue weighted by molar-refractivity contribution is 0.0591. The molecule has 1 aromatic heterocycles. The molecule has 1 fully saturated rings. The predicted molar refractivity (Wildman–Crippen MR) is 86.1 cm³/mol. The first kappa shape index (κ1) is 15.1. The van der Waals surface area contributed by atoms with Crippen molar-refractivity contribution in [1.82, 2.24) is 4.90 Å². The third-order valence-electron chi connectivity index (χ3n) is 4.74. The topological polar surface area (TPSA) is 53.7 Å². The highest BCUT2D eigenvalue weighted by atomic mass is 16.3. The number of aryl methyl sites for hydroxylation is 3. The number of amides is 1. The van der Waals surface area contributed by atoms with Crippen LogP contribution in [0, 0.1) is 26.7 Å². The van der Waals surface area contributed by atoms with Gasteiger partial charge >= 0.3 is 0 Å². The molecule has 1 aliphatic rings. The van der Waals surface area contributed by atoms with E-state index in [1.54, 1.807) is 0 Å². The predicted octanol–water partition coefficient (Wildman–Crippen LogP) is 3.20. The number of likely N-dealkylation sites (tertiary alicyclic amines) is 1. The van der Waals surface area contributed by atoms with Crippen molar-refractivity contribution in [2.24, 2.45) is 5.92 Å². The van der Waals surface area contributed by atoms with Crippen LogP contribution in [0.5, 0.6) is 0 Å². The molecule has 0 saturated carbocycles. The van der Waals surface area contributed by atoms with Gasteiger partial charge in [-0.25, -0.2) is 0 Å². The number of hydrogen-bond acceptors (Lipinski definition) is 3. The summed E-state index contributed by atoms with van der Waals surface area (Å²) in [5.41, 5.74) is 3.92. The van der Waals surface area contributed by atoms with Crippen molar-refractivity contribution in [2.45, 2.75) is 33.6 Å². The van der Waals surface area contributed by atoms with Crippen LogP contribution < -0.4 is 0 Å². The first-order valence-electron chi connectivity index (χ1n) is 7.92. The lowest BCUT2D eigenvalue weighted by atomic mass is 9.98. The Kier molecular flexibility index (Phi) is 3.96. The number of carbonyl (C=O) groups excluding carboxylic acids is 1. The van der Waals surface area contributed by atoms with Crippen LogP contribution >= 0.6 is 0 Å². The van der Waals surface area contributed by atoms with Gasteiger partial charge in [-0.3, -0.25) is 4.79 Å². The molecule has 0 spiro atoms. The zero-order valence-corrected chi connectivity index (χ0v) is 13.5. The molecule has 22 heavy (non-hydrogen) atoms. The van der Waals surface area contributed by atoms with E-state index in [-0.39, 0.29) is 18.4 Å². The highest BCUT2D eigenvalue weighted by Gasteiger charge is 2.28. The van der Waals surface area contributed by atoms with Gasteiger partial charge in [-0.2, -0.15) is 0 Å². The summed E-state index contributed by atoms with van der Waals surface area (Å²) in [7, 11) is 0. The number of carbonyl (C=O) groups is 1. The van der Waals surface area contributed by atoms with Crippen molar-refractivity contribution in [3.8, 4) is 0 Å². The second-order valence-electron chi connectivity index (χ2n) is 6.40. The normalized spacial score (nSPS) is 18.9. The minimum absolute atomic E-state index is 0.0503. The number of furan rings is 1. The molecule has 4 nitrogen and oxygen atoms in total. The Morgan fingerprint density at radius 1 is 1.32 bits per heavy atom. The van der Waals surface area contributed by atoms with E-state index in [2.05, 4.69) is 6.07 Å². The number of aliphatic hydroxyl groups excluding tert-OH is 1. The van der Waals surface area contributed by atoms with Crippen molar-refractivity contribution in [3.05, 3.63) is 34.6 Å². The minimum Gasteiger partial charge on any atom is -0.450 e. The molecule has 1 saturated heterocycles. The maximum absolute atomic E-state index is 12.8. The average molecular weight is 301 g/mol. The van der Waals surface area contributed by atoms with Gasteiger partial charge in [0.15, 0.2) is 5.76 Å². The van der Waals surface area contributed by atoms with Crippen LogP contribution in [0.25, 0.3) is 11.0 Å². The monoisotopic (exact) mass is 301 g/mol. The van der Waals surface area contributed by atoms with Gasteiger partial charge in [0.05, 0.1) is 0 Å². The van der Waals surface area contributed by atoms with Gasteiger partial charge in [-0.05, 0) is 50.7 Å². The Balaban J connectivity index is 1.99. The molecule has 1 N–H and O–H groups in total. The van der Waals surface area contributed by atoms with Gasteiger partial charge in [0.25, 0.3) is 5.91 Å². The average Bonchev–Trinajstić information content (AvgIpc) is 2.89. The van der Waals surface area contributed by atoms with E-state index in [4.69, 9.17) is 4.42 Å². The number of rotatable bonds is 2. The largest absolute Gasteiger partial charge is 0.450 e. The molecule has 118 valence electrons. The zero-order valence-electron chi connectivity index (χ0n) is 13.5. The van der Waals surface area contributed by atoms with E-state index in [9.17, 15) is 9.90 Å². The van der Waals surface area contributed by atoms with E-state index in [1.165, 1.54) is 0 Å². The summed E-state index contributed by atoms with van der Waals surface area (Å²) < 4.78 is 5.94. The molecule has 0 bridgehead atoms. The standard InChI is InChI=1S/C18H23NO3/c1-11-6-7-12(2)16-15(11)13(3)17(22-16)18(21)19-8-4-5-14(9-19)10-20/h6-7,14,20H,4-5,8-10H2,1-3H3. The Hall–Kier alpha value is -1.81. The van der Waals surface area contributed by atoms with Crippen molar-refractivity contribution in [3.63, 3.8) is 0 Å². The van der Waals surface area contributed by atoms with Crippen LogP contribution in [0.3, 0.4) is 0 Å². The van der Waals surface area contributed by atoms with E-state index in [0.29, 0.717) is 12.3 Å². The Morgan fingerprint density at radius 2 is 2.05 bits per heavy atom. The fourth-order valence-corrected chi connectivity index (χ4v) is 3.42. The third kappa shape index (κ3) is 2.41. The molecule has 1 unspecified atom stereocenters. The highest BCUT2D eigenvalue weighted by molar-refractivity contribution is 6.00. The molecule has 1 aliphatic heterocycles. The zero-order chi connectivity index (χ0) is 15.9. The van der Waals surface area contributed by atoms with Crippen LogP contribution in [0.2, 0.25) is 0 Å². The fraction of sp³-hybridized carbons (Fsp3) is 0.500. The molecular weight excluding hydrogens is 278 g/mol. The van der Waals surface area contributed by atoms with Crippen molar-refractivity contribution in [1.29, 1.82) is 0 Å². The van der Waals surface area contributed by atoms with Crippen LogP contribution in [0.4, 0.5) is 0 Å². The van der Waals surface area contributed by atoms with E-state index >= 15 is 0 Å². The van der Waals surface area contributed by atoms with Gasteiger partial charge in [-0.1, -0.05) is 12.1 Å². The lowest BCUT2D eigenvalue weighted by Gasteiger charge is -2.31. The van der Waals surface area contributed by atoms with Crippen molar-refractivity contribution < 1.29 is 14.3 Å². The summed E-state index contributed by atoms with van der Waals surface area (Å²) in [5.74, 6) is 0.586. The molecule has 1 atom stereocenters. The summed E-state index contributed by atoms with van der Waals surface area (Å²) in [6.45, 7) is 7.50. The van der Waals surface area contributed by atoms with E-state index < -0.39 is 0 Å². The molecule has 2 heterocycles. The van der Waals surface area contributed by atoms with Crippen molar-refractivity contribution in [2.75, 3.05) is 19.7 Å². The number of piperidine rings is 1.